The molecule has 1 aliphatic rings. The fourth-order valence-corrected chi connectivity index (χ4v) is 4.47. The molecule has 5 heteroatoms. The standard InChI is InChI=1S/C21H23N3OS/c22-20-18(25-14-15-7-3-1-4-8-15)11-17(12-23-20)19-13-24-21(26-19)16-9-5-2-6-10-16/h1,3-4,7-8,11-13,16H,2,5-6,9-10,14H2,(H2,22,23). The Kier molecular flexibility index (Phi) is 5.16. The van der Waals surface area contributed by atoms with Crippen molar-refractivity contribution in [2.45, 2.75) is 44.6 Å². The van der Waals surface area contributed by atoms with Crippen LogP contribution in [0.5, 0.6) is 5.75 Å². The molecule has 134 valence electrons. The maximum absolute atomic E-state index is 6.01. The van der Waals surface area contributed by atoms with Gasteiger partial charge in [0.05, 0.1) is 9.88 Å². The lowest BCUT2D eigenvalue weighted by molar-refractivity contribution is 0.307. The van der Waals surface area contributed by atoms with E-state index in [1.807, 2.05) is 48.8 Å². The summed E-state index contributed by atoms with van der Waals surface area (Å²) in [5, 5.41) is 1.25. The molecule has 0 bridgehead atoms. The van der Waals surface area contributed by atoms with Gasteiger partial charge in [0.1, 0.15) is 6.61 Å². The van der Waals surface area contributed by atoms with Crippen molar-refractivity contribution in [3.63, 3.8) is 0 Å². The molecule has 1 saturated carbocycles. The van der Waals surface area contributed by atoms with E-state index in [1.54, 1.807) is 11.3 Å². The lowest BCUT2D eigenvalue weighted by Crippen LogP contribution is -2.03. The molecule has 3 aromatic rings. The van der Waals surface area contributed by atoms with Crippen molar-refractivity contribution in [3.8, 4) is 16.2 Å². The Labute approximate surface area is 158 Å². The smallest absolute Gasteiger partial charge is 0.166 e. The van der Waals surface area contributed by atoms with E-state index in [9.17, 15) is 0 Å². The first-order chi connectivity index (χ1) is 12.8. The minimum Gasteiger partial charge on any atom is -0.485 e. The minimum atomic E-state index is 0.418. The number of rotatable bonds is 5. The van der Waals surface area contributed by atoms with Crippen LogP contribution in [0, 0.1) is 0 Å². The molecule has 0 unspecified atom stereocenters. The van der Waals surface area contributed by atoms with Gasteiger partial charge in [-0.15, -0.1) is 11.3 Å². The summed E-state index contributed by atoms with van der Waals surface area (Å²) in [5.74, 6) is 1.67. The molecule has 2 aromatic heterocycles. The average molecular weight is 366 g/mol. The number of thiazole rings is 1. The molecule has 1 fully saturated rings. The van der Waals surface area contributed by atoms with Crippen molar-refractivity contribution in [2.24, 2.45) is 0 Å². The third-order valence-corrected chi connectivity index (χ3v) is 6.09. The molecular formula is C21H23N3OS. The molecule has 26 heavy (non-hydrogen) atoms. The Morgan fingerprint density at radius 1 is 1.04 bits per heavy atom. The summed E-state index contributed by atoms with van der Waals surface area (Å²) >= 11 is 1.77. The van der Waals surface area contributed by atoms with Gasteiger partial charge in [-0.2, -0.15) is 0 Å². The zero-order valence-electron chi connectivity index (χ0n) is 14.7. The Morgan fingerprint density at radius 2 is 1.85 bits per heavy atom. The number of aromatic nitrogens is 2. The van der Waals surface area contributed by atoms with E-state index in [2.05, 4.69) is 9.97 Å². The fourth-order valence-electron chi connectivity index (χ4n) is 3.40. The number of nitrogens with zero attached hydrogens (tertiary/aromatic N) is 2. The Hall–Kier alpha value is -2.40. The van der Waals surface area contributed by atoms with Gasteiger partial charge in [0.25, 0.3) is 0 Å². The molecule has 0 radical (unpaired) electrons. The molecule has 2 N–H and O–H groups in total. The zero-order valence-corrected chi connectivity index (χ0v) is 15.5. The highest BCUT2D eigenvalue weighted by Gasteiger charge is 2.19. The first-order valence-corrected chi connectivity index (χ1v) is 9.99. The summed E-state index contributed by atoms with van der Waals surface area (Å²) in [6, 6.07) is 12.0. The molecule has 0 aliphatic heterocycles. The molecule has 1 aromatic carbocycles. The number of ether oxygens (including phenoxy) is 1. The van der Waals surface area contributed by atoms with Gasteiger partial charge in [-0.25, -0.2) is 9.97 Å². The van der Waals surface area contributed by atoms with Crippen LogP contribution in [0.2, 0.25) is 0 Å². The number of nitrogen functional groups attached to an aromatic ring is 1. The van der Waals surface area contributed by atoms with Gasteiger partial charge in [-0.1, -0.05) is 49.6 Å². The third kappa shape index (κ3) is 3.88. The second kappa shape index (κ2) is 7.87. The third-order valence-electron chi connectivity index (χ3n) is 4.88. The number of anilines is 1. The maximum atomic E-state index is 6.01. The van der Waals surface area contributed by atoms with Crippen LogP contribution in [0.15, 0.2) is 48.8 Å². The molecule has 0 amide bonds. The average Bonchev–Trinajstić information content (AvgIpc) is 3.19. The highest BCUT2D eigenvalue weighted by molar-refractivity contribution is 7.15. The second-order valence-corrected chi connectivity index (χ2v) is 7.84. The molecule has 0 saturated heterocycles. The summed E-state index contributed by atoms with van der Waals surface area (Å²) in [6.07, 6.45) is 10.3. The van der Waals surface area contributed by atoms with E-state index in [1.165, 1.54) is 37.1 Å². The van der Waals surface area contributed by atoms with E-state index >= 15 is 0 Å². The number of nitrogens with two attached hydrogens (primary N) is 1. The number of hydrogen-bond acceptors (Lipinski definition) is 5. The van der Waals surface area contributed by atoms with Crippen LogP contribution in [-0.4, -0.2) is 9.97 Å². The Morgan fingerprint density at radius 3 is 2.65 bits per heavy atom. The first kappa shape index (κ1) is 17.0. The van der Waals surface area contributed by atoms with Crippen LogP contribution in [-0.2, 0) is 6.61 Å². The number of pyridine rings is 1. The van der Waals surface area contributed by atoms with Gasteiger partial charge in [0.2, 0.25) is 0 Å². The summed E-state index contributed by atoms with van der Waals surface area (Å²) in [4.78, 5) is 10.1. The van der Waals surface area contributed by atoms with E-state index < -0.39 is 0 Å². The lowest BCUT2D eigenvalue weighted by atomic mass is 9.90. The zero-order chi connectivity index (χ0) is 17.8. The predicted octanol–water partition coefficient (Wildman–Crippen LogP) is 5.41. The minimum absolute atomic E-state index is 0.418. The van der Waals surface area contributed by atoms with Crippen molar-refractivity contribution < 1.29 is 4.74 Å². The van der Waals surface area contributed by atoms with E-state index in [0.717, 1.165) is 16.0 Å². The monoisotopic (exact) mass is 365 g/mol. The van der Waals surface area contributed by atoms with Crippen LogP contribution < -0.4 is 10.5 Å². The van der Waals surface area contributed by atoms with Gasteiger partial charge in [0.15, 0.2) is 11.6 Å². The normalized spacial score (nSPS) is 15.1. The van der Waals surface area contributed by atoms with E-state index in [0.29, 0.717) is 24.1 Å². The first-order valence-electron chi connectivity index (χ1n) is 9.18. The number of hydrogen-bond donors (Lipinski definition) is 1. The van der Waals surface area contributed by atoms with Crippen molar-refractivity contribution in [1.82, 2.24) is 9.97 Å². The molecule has 1 aliphatic carbocycles. The molecule has 4 nitrogen and oxygen atoms in total. The maximum Gasteiger partial charge on any atom is 0.166 e. The Bertz CT molecular complexity index is 857. The topological polar surface area (TPSA) is 61.0 Å². The van der Waals surface area contributed by atoms with Gasteiger partial charge in [-0.3, -0.25) is 0 Å². The van der Waals surface area contributed by atoms with E-state index in [-0.39, 0.29) is 0 Å². The van der Waals surface area contributed by atoms with Crippen LogP contribution >= 0.6 is 11.3 Å². The van der Waals surface area contributed by atoms with Crippen molar-refractivity contribution in [1.29, 1.82) is 0 Å². The van der Waals surface area contributed by atoms with Gasteiger partial charge in [-0.05, 0) is 24.5 Å². The summed E-state index contributed by atoms with van der Waals surface area (Å²) in [6.45, 7) is 0.478. The van der Waals surface area contributed by atoms with Gasteiger partial charge < -0.3 is 10.5 Å². The summed E-state index contributed by atoms with van der Waals surface area (Å²) in [7, 11) is 0. The summed E-state index contributed by atoms with van der Waals surface area (Å²) < 4.78 is 5.90. The fraction of sp³-hybridized carbons (Fsp3) is 0.333. The molecule has 4 rings (SSSR count). The van der Waals surface area contributed by atoms with Gasteiger partial charge in [0, 0.05) is 23.9 Å². The molecule has 0 atom stereocenters. The lowest BCUT2D eigenvalue weighted by Gasteiger charge is -2.18. The largest absolute Gasteiger partial charge is 0.485 e. The van der Waals surface area contributed by atoms with Crippen LogP contribution in [0.1, 0.15) is 48.6 Å². The predicted molar refractivity (Wildman–Crippen MR) is 106 cm³/mol. The molecule has 2 heterocycles. The SMILES string of the molecule is Nc1ncc(-c2cnc(C3CCCCC3)s2)cc1OCc1ccccc1. The van der Waals surface area contributed by atoms with Crippen molar-refractivity contribution >= 4 is 17.2 Å². The Balaban J connectivity index is 1.51. The van der Waals surface area contributed by atoms with E-state index in [4.69, 9.17) is 10.5 Å². The number of benzene rings is 1. The van der Waals surface area contributed by atoms with Crippen LogP contribution in [0.4, 0.5) is 5.82 Å². The quantitative estimate of drug-likeness (QED) is 0.656. The van der Waals surface area contributed by atoms with Crippen molar-refractivity contribution in [2.75, 3.05) is 5.73 Å². The van der Waals surface area contributed by atoms with Crippen molar-refractivity contribution in [3.05, 3.63) is 59.4 Å². The highest BCUT2D eigenvalue weighted by Crippen LogP contribution is 2.38. The molecular weight excluding hydrogens is 342 g/mol. The van der Waals surface area contributed by atoms with Crippen LogP contribution in [0.3, 0.4) is 0 Å². The second-order valence-electron chi connectivity index (χ2n) is 6.78. The van der Waals surface area contributed by atoms with Gasteiger partial charge >= 0.3 is 0 Å². The molecule has 0 spiro atoms. The summed E-state index contributed by atoms with van der Waals surface area (Å²) in [5.41, 5.74) is 8.13. The highest BCUT2D eigenvalue weighted by atomic mass is 32.1. The van der Waals surface area contributed by atoms with Crippen LogP contribution in [0.25, 0.3) is 10.4 Å².